The first-order valence-electron chi connectivity index (χ1n) is 9.70. The average molecular weight is 457 g/mol. The third-order valence-electron chi connectivity index (χ3n) is 4.58. The van der Waals surface area contributed by atoms with Crippen LogP contribution in [0.15, 0.2) is 66.1 Å². The minimum atomic E-state index is -0.0427. The molecule has 0 aliphatic heterocycles. The lowest BCUT2D eigenvalue weighted by atomic mass is 10.2. The number of rotatable bonds is 8. The van der Waals surface area contributed by atoms with E-state index in [0.29, 0.717) is 22.3 Å². The Morgan fingerprint density at radius 1 is 1.23 bits per heavy atom. The molecule has 0 unspecified atom stereocenters. The van der Waals surface area contributed by atoms with Gasteiger partial charge in [-0.1, -0.05) is 29.9 Å². The van der Waals surface area contributed by atoms with Gasteiger partial charge in [-0.25, -0.2) is 9.97 Å². The third-order valence-corrected chi connectivity index (χ3v) is 6.76. The lowest BCUT2D eigenvalue weighted by Gasteiger charge is -2.20. The van der Waals surface area contributed by atoms with Crippen LogP contribution in [0.5, 0.6) is 0 Å². The zero-order chi connectivity index (χ0) is 20.9. The van der Waals surface area contributed by atoms with Crippen molar-refractivity contribution in [3.63, 3.8) is 0 Å². The van der Waals surface area contributed by atoms with Crippen LogP contribution in [-0.4, -0.2) is 32.7 Å². The van der Waals surface area contributed by atoms with E-state index in [1.54, 1.807) is 29.2 Å². The second-order valence-corrected chi connectivity index (χ2v) is 9.46. The molecule has 154 valence electrons. The number of hydrogen-bond donors (Lipinski definition) is 0. The number of thiazole rings is 1. The molecule has 0 saturated heterocycles. The molecular weight excluding hydrogens is 436 g/mol. The number of aryl methyl sites for hydroxylation is 1. The van der Waals surface area contributed by atoms with Crippen LogP contribution in [0.2, 0.25) is 5.02 Å². The van der Waals surface area contributed by atoms with E-state index >= 15 is 0 Å². The van der Waals surface area contributed by atoms with Gasteiger partial charge in [-0.05, 0) is 54.6 Å². The lowest BCUT2D eigenvalue weighted by Crippen LogP contribution is -2.32. The molecule has 30 heavy (non-hydrogen) atoms. The maximum atomic E-state index is 13.4. The van der Waals surface area contributed by atoms with Crippen LogP contribution < -0.4 is 4.90 Å². The highest BCUT2D eigenvalue weighted by Gasteiger charge is 2.21. The van der Waals surface area contributed by atoms with Gasteiger partial charge in [0.1, 0.15) is 0 Å². The molecule has 8 heteroatoms. The van der Waals surface area contributed by atoms with Gasteiger partial charge < -0.3 is 4.57 Å². The highest BCUT2D eigenvalue weighted by atomic mass is 35.5. The van der Waals surface area contributed by atoms with Gasteiger partial charge in [-0.15, -0.1) is 11.8 Å². The van der Waals surface area contributed by atoms with Gasteiger partial charge in [-0.2, -0.15) is 0 Å². The van der Waals surface area contributed by atoms with E-state index in [-0.39, 0.29) is 5.91 Å². The molecule has 0 radical (unpaired) electrons. The Morgan fingerprint density at radius 2 is 2.07 bits per heavy atom. The summed E-state index contributed by atoms with van der Waals surface area (Å²) in [6, 6.07) is 13.4. The number of carbonyl (C=O) groups is 1. The first-order chi connectivity index (χ1) is 14.6. The zero-order valence-corrected chi connectivity index (χ0v) is 18.9. The predicted molar refractivity (Wildman–Crippen MR) is 126 cm³/mol. The van der Waals surface area contributed by atoms with Crippen molar-refractivity contribution in [2.45, 2.75) is 24.8 Å². The SMILES string of the molecule is CCSc1ccc(C(=O)N(CCCn2ccnc2)c2nc3ccc(Cl)cc3s2)cc1. The average Bonchev–Trinajstić information content (AvgIpc) is 3.41. The predicted octanol–water partition coefficient (Wildman–Crippen LogP) is 6.00. The molecule has 5 nitrogen and oxygen atoms in total. The van der Waals surface area contributed by atoms with Crippen molar-refractivity contribution in [1.82, 2.24) is 14.5 Å². The molecule has 4 rings (SSSR count). The monoisotopic (exact) mass is 456 g/mol. The molecule has 2 aromatic heterocycles. The number of benzene rings is 2. The Bertz CT molecular complexity index is 1130. The fraction of sp³-hybridized carbons (Fsp3) is 0.227. The van der Waals surface area contributed by atoms with Crippen molar-refractivity contribution in [2.75, 3.05) is 17.2 Å². The topological polar surface area (TPSA) is 51.0 Å². The fourth-order valence-electron chi connectivity index (χ4n) is 3.13. The molecule has 2 heterocycles. The molecule has 0 atom stereocenters. The van der Waals surface area contributed by atoms with Crippen LogP contribution in [0, 0.1) is 0 Å². The number of nitrogens with zero attached hydrogens (tertiary/aromatic N) is 4. The molecule has 0 aliphatic rings. The fourth-order valence-corrected chi connectivity index (χ4v) is 5.06. The van der Waals surface area contributed by atoms with Crippen molar-refractivity contribution in [3.8, 4) is 0 Å². The number of carbonyl (C=O) groups excluding carboxylic acids is 1. The molecule has 1 amide bonds. The van der Waals surface area contributed by atoms with Crippen LogP contribution >= 0.6 is 34.7 Å². The van der Waals surface area contributed by atoms with E-state index in [4.69, 9.17) is 16.6 Å². The quantitative estimate of drug-likeness (QED) is 0.305. The van der Waals surface area contributed by atoms with Gasteiger partial charge in [0.2, 0.25) is 0 Å². The van der Waals surface area contributed by atoms with Gasteiger partial charge >= 0.3 is 0 Å². The largest absolute Gasteiger partial charge is 0.337 e. The number of imidazole rings is 1. The van der Waals surface area contributed by atoms with E-state index < -0.39 is 0 Å². The van der Waals surface area contributed by atoms with E-state index in [1.165, 1.54) is 11.3 Å². The summed E-state index contributed by atoms with van der Waals surface area (Å²) in [5, 5.41) is 1.36. The van der Waals surface area contributed by atoms with E-state index in [9.17, 15) is 4.79 Å². The Labute approximate surface area is 188 Å². The Hall–Kier alpha value is -2.35. The maximum absolute atomic E-state index is 13.4. The summed E-state index contributed by atoms with van der Waals surface area (Å²) < 4.78 is 2.98. The van der Waals surface area contributed by atoms with Crippen molar-refractivity contribution < 1.29 is 4.79 Å². The minimum absolute atomic E-state index is 0.0427. The molecular formula is C22H21ClN4OS2. The van der Waals surface area contributed by atoms with Gasteiger partial charge in [0.05, 0.1) is 16.5 Å². The minimum Gasteiger partial charge on any atom is -0.337 e. The number of hydrogen-bond acceptors (Lipinski definition) is 5. The van der Waals surface area contributed by atoms with E-state index in [1.807, 2.05) is 53.2 Å². The third kappa shape index (κ3) is 4.86. The summed E-state index contributed by atoms with van der Waals surface area (Å²) in [5.74, 6) is 0.959. The summed E-state index contributed by atoms with van der Waals surface area (Å²) in [4.78, 5) is 25.1. The van der Waals surface area contributed by atoms with Gasteiger partial charge in [0, 0.05) is 41.0 Å². The number of amides is 1. The first kappa shape index (κ1) is 20.9. The van der Waals surface area contributed by atoms with Crippen LogP contribution in [0.25, 0.3) is 10.2 Å². The zero-order valence-electron chi connectivity index (χ0n) is 16.5. The lowest BCUT2D eigenvalue weighted by molar-refractivity contribution is 0.0986. The van der Waals surface area contributed by atoms with Gasteiger partial charge in [0.15, 0.2) is 5.13 Å². The van der Waals surface area contributed by atoms with Crippen LogP contribution in [-0.2, 0) is 6.54 Å². The molecule has 0 fully saturated rings. The van der Waals surface area contributed by atoms with Crippen molar-refractivity contribution in [2.24, 2.45) is 0 Å². The van der Waals surface area contributed by atoms with Crippen LogP contribution in [0.1, 0.15) is 23.7 Å². The molecule has 0 aliphatic carbocycles. The number of anilines is 1. The first-order valence-corrected chi connectivity index (χ1v) is 11.9. The normalized spacial score (nSPS) is 11.1. The second-order valence-electron chi connectivity index (χ2n) is 6.68. The second kappa shape index (κ2) is 9.64. The standard InChI is InChI=1S/C22H21ClN4OS2/c1-2-29-18-7-4-16(5-8-18)21(28)27(12-3-11-26-13-10-24-15-26)22-25-19-9-6-17(23)14-20(19)30-22/h4-10,13-15H,2-3,11-12H2,1H3. The summed E-state index contributed by atoms with van der Waals surface area (Å²) >= 11 is 9.38. The molecule has 0 N–H and O–H groups in total. The Morgan fingerprint density at radius 3 is 2.80 bits per heavy atom. The number of aromatic nitrogens is 3. The smallest absolute Gasteiger partial charge is 0.260 e. The highest BCUT2D eigenvalue weighted by molar-refractivity contribution is 7.99. The number of fused-ring (bicyclic) bond motifs is 1. The number of halogens is 1. The summed E-state index contributed by atoms with van der Waals surface area (Å²) in [5.41, 5.74) is 1.51. The van der Waals surface area contributed by atoms with Crippen LogP contribution in [0.3, 0.4) is 0 Å². The molecule has 0 saturated carbocycles. The van der Waals surface area contributed by atoms with Crippen LogP contribution in [0.4, 0.5) is 5.13 Å². The summed E-state index contributed by atoms with van der Waals surface area (Å²) in [7, 11) is 0. The summed E-state index contributed by atoms with van der Waals surface area (Å²) in [6.07, 6.45) is 6.27. The van der Waals surface area contributed by atoms with Crippen molar-refractivity contribution in [1.29, 1.82) is 0 Å². The molecule has 4 aromatic rings. The van der Waals surface area contributed by atoms with E-state index in [2.05, 4.69) is 11.9 Å². The maximum Gasteiger partial charge on any atom is 0.260 e. The molecule has 0 spiro atoms. The number of thioether (sulfide) groups is 1. The van der Waals surface area contributed by atoms with Crippen molar-refractivity contribution in [3.05, 3.63) is 71.8 Å². The highest BCUT2D eigenvalue weighted by Crippen LogP contribution is 2.32. The molecule has 2 aromatic carbocycles. The molecule has 0 bridgehead atoms. The van der Waals surface area contributed by atoms with Gasteiger partial charge in [-0.3, -0.25) is 9.69 Å². The van der Waals surface area contributed by atoms with E-state index in [0.717, 1.165) is 33.8 Å². The van der Waals surface area contributed by atoms with Crippen molar-refractivity contribution >= 4 is 56.0 Å². The summed E-state index contributed by atoms with van der Waals surface area (Å²) in [6.45, 7) is 3.47. The Kier molecular flexibility index (Phi) is 6.72. The van der Waals surface area contributed by atoms with Gasteiger partial charge in [0.25, 0.3) is 5.91 Å². The Balaban J connectivity index is 1.60.